The molecule has 3 aromatic rings. The Morgan fingerprint density at radius 2 is 2.22 bits per heavy atom. The molecule has 0 amide bonds. The van der Waals surface area contributed by atoms with Gasteiger partial charge in [0.2, 0.25) is 0 Å². The first-order valence-electron chi connectivity index (χ1n) is 8.43. The van der Waals surface area contributed by atoms with Gasteiger partial charge in [0.15, 0.2) is 0 Å². The van der Waals surface area contributed by atoms with Crippen LogP contribution < -0.4 is 0 Å². The fraction of sp³-hybridized carbons (Fsp3) is 0.421. The highest BCUT2D eigenvalue weighted by Gasteiger charge is 2.22. The molecular weight excluding hydrogens is 302 g/mol. The van der Waals surface area contributed by atoms with Crippen molar-refractivity contribution in [2.45, 2.75) is 25.8 Å². The maximum atomic E-state index is 4.50. The lowest BCUT2D eigenvalue weighted by molar-refractivity contribution is 0.166. The van der Waals surface area contributed by atoms with Gasteiger partial charge in [-0.15, -0.1) is 11.3 Å². The Morgan fingerprint density at radius 1 is 1.30 bits per heavy atom. The van der Waals surface area contributed by atoms with Crippen LogP contribution in [-0.2, 0) is 20.0 Å². The summed E-state index contributed by atoms with van der Waals surface area (Å²) in [6, 6.07) is 8.77. The normalized spacial score (nSPS) is 19.4. The van der Waals surface area contributed by atoms with Crippen LogP contribution in [0.25, 0.3) is 10.1 Å². The number of piperidine rings is 1. The summed E-state index contributed by atoms with van der Waals surface area (Å²) < 4.78 is 3.56. The predicted molar refractivity (Wildman–Crippen MR) is 96.7 cm³/mol. The Balaban J connectivity index is 1.44. The first-order chi connectivity index (χ1) is 11.3. The molecule has 4 heteroatoms. The van der Waals surface area contributed by atoms with Crippen LogP contribution in [0.3, 0.4) is 0 Å². The minimum Gasteiger partial charge on any atom is -0.338 e. The van der Waals surface area contributed by atoms with Crippen molar-refractivity contribution in [2.24, 2.45) is 13.0 Å². The molecule has 1 unspecified atom stereocenters. The van der Waals surface area contributed by atoms with Gasteiger partial charge in [-0.25, -0.2) is 4.98 Å². The van der Waals surface area contributed by atoms with E-state index < -0.39 is 0 Å². The van der Waals surface area contributed by atoms with Gasteiger partial charge in [0, 0.05) is 43.7 Å². The maximum Gasteiger partial charge on any atom is 0.108 e. The molecule has 2 aromatic heterocycles. The van der Waals surface area contributed by atoms with Crippen LogP contribution in [0.5, 0.6) is 0 Å². The number of hydrogen-bond acceptors (Lipinski definition) is 3. The van der Waals surface area contributed by atoms with Crippen molar-refractivity contribution < 1.29 is 0 Å². The zero-order valence-electron chi connectivity index (χ0n) is 13.6. The second-order valence-corrected chi connectivity index (χ2v) is 7.57. The number of rotatable bonds is 4. The zero-order valence-corrected chi connectivity index (χ0v) is 14.4. The van der Waals surface area contributed by atoms with Crippen LogP contribution in [0, 0.1) is 5.92 Å². The van der Waals surface area contributed by atoms with Crippen LogP contribution in [0.4, 0.5) is 0 Å². The molecule has 0 N–H and O–H groups in total. The van der Waals surface area contributed by atoms with Crippen LogP contribution in [0.15, 0.2) is 42.0 Å². The van der Waals surface area contributed by atoms with E-state index >= 15 is 0 Å². The molecule has 1 aliphatic rings. The van der Waals surface area contributed by atoms with Gasteiger partial charge in [-0.3, -0.25) is 4.90 Å². The maximum absolute atomic E-state index is 4.50. The number of fused-ring (bicyclic) bond motifs is 1. The van der Waals surface area contributed by atoms with Crippen molar-refractivity contribution in [3.63, 3.8) is 0 Å². The molecule has 0 radical (unpaired) electrons. The van der Waals surface area contributed by atoms with Gasteiger partial charge >= 0.3 is 0 Å². The van der Waals surface area contributed by atoms with Crippen molar-refractivity contribution in [1.82, 2.24) is 14.5 Å². The fourth-order valence-electron chi connectivity index (χ4n) is 3.71. The molecule has 0 bridgehead atoms. The van der Waals surface area contributed by atoms with E-state index in [1.165, 1.54) is 47.4 Å². The van der Waals surface area contributed by atoms with E-state index in [4.69, 9.17) is 0 Å². The quantitative estimate of drug-likeness (QED) is 0.720. The topological polar surface area (TPSA) is 21.1 Å². The summed E-state index contributed by atoms with van der Waals surface area (Å²) >= 11 is 1.87. The van der Waals surface area contributed by atoms with Gasteiger partial charge in [-0.1, -0.05) is 18.2 Å². The lowest BCUT2D eigenvalue weighted by atomic mass is 9.94. The number of aryl methyl sites for hydroxylation is 1. The van der Waals surface area contributed by atoms with E-state index in [-0.39, 0.29) is 0 Å². The molecule has 3 nitrogen and oxygen atoms in total. The number of thiophene rings is 1. The smallest absolute Gasteiger partial charge is 0.108 e. The SMILES string of the molecule is Cn1ccnc1CC1CCCN(Cc2csc3ccccc23)C1. The summed E-state index contributed by atoms with van der Waals surface area (Å²) in [7, 11) is 2.10. The number of benzene rings is 1. The van der Waals surface area contributed by atoms with Gasteiger partial charge in [0.25, 0.3) is 0 Å². The molecule has 4 rings (SSSR count). The summed E-state index contributed by atoms with van der Waals surface area (Å²) in [5.41, 5.74) is 1.49. The molecule has 1 aromatic carbocycles. The van der Waals surface area contributed by atoms with Gasteiger partial charge in [0.05, 0.1) is 0 Å². The van der Waals surface area contributed by atoms with Crippen LogP contribution in [0.1, 0.15) is 24.2 Å². The van der Waals surface area contributed by atoms with Gasteiger partial charge in [-0.05, 0) is 47.7 Å². The average Bonchev–Trinajstić information content (AvgIpc) is 3.15. The van der Waals surface area contributed by atoms with Gasteiger partial charge in [0.1, 0.15) is 5.82 Å². The number of likely N-dealkylation sites (tertiary alicyclic amines) is 1. The van der Waals surface area contributed by atoms with Crippen LogP contribution >= 0.6 is 11.3 Å². The zero-order chi connectivity index (χ0) is 15.6. The van der Waals surface area contributed by atoms with Crippen molar-refractivity contribution in [1.29, 1.82) is 0 Å². The Bertz CT molecular complexity index is 789. The minimum absolute atomic E-state index is 0.731. The number of nitrogens with zero attached hydrogens (tertiary/aromatic N) is 3. The third kappa shape index (κ3) is 3.19. The van der Waals surface area contributed by atoms with Crippen molar-refractivity contribution in [3.05, 3.63) is 53.4 Å². The monoisotopic (exact) mass is 325 g/mol. The van der Waals surface area contributed by atoms with Gasteiger partial charge in [-0.2, -0.15) is 0 Å². The highest BCUT2D eigenvalue weighted by Crippen LogP contribution is 2.28. The molecule has 120 valence electrons. The fourth-order valence-corrected chi connectivity index (χ4v) is 4.66. The summed E-state index contributed by atoms with van der Waals surface area (Å²) in [5.74, 6) is 1.95. The molecule has 3 heterocycles. The first-order valence-corrected chi connectivity index (χ1v) is 9.31. The Labute approximate surface area is 141 Å². The largest absolute Gasteiger partial charge is 0.338 e. The average molecular weight is 325 g/mol. The second-order valence-electron chi connectivity index (χ2n) is 6.66. The van der Waals surface area contributed by atoms with Crippen LogP contribution in [-0.4, -0.2) is 27.5 Å². The third-order valence-corrected chi connectivity index (χ3v) is 5.96. The minimum atomic E-state index is 0.731. The summed E-state index contributed by atoms with van der Waals surface area (Å²) in [5, 5.41) is 3.77. The van der Waals surface area contributed by atoms with E-state index in [1.54, 1.807) is 0 Å². The molecule has 0 saturated carbocycles. The Kier molecular flexibility index (Phi) is 4.19. The van der Waals surface area contributed by atoms with Crippen molar-refractivity contribution in [2.75, 3.05) is 13.1 Å². The van der Waals surface area contributed by atoms with E-state index in [2.05, 4.69) is 51.1 Å². The standard InChI is InChI=1S/C19H23N3S/c1-21-10-8-20-19(21)11-15-5-4-9-22(12-15)13-16-14-23-18-7-3-2-6-17(16)18/h2-3,6-8,10,14-15H,4-5,9,11-13H2,1H3. The van der Waals surface area contributed by atoms with Crippen LogP contribution in [0.2, 0.25) is 0 Å². The highest BCUT2D eigenvalue weighted by molar-refractivity contribution is 7.17. The predicted octanol–water partition coefficient (Wildman–Crippen LogP) is 4.09. The van der Waals surface area contributed by atoms with E-state index in [0.717, 1.165) is 18.9 Å². The van der Waals surface area contributed by atoms with E-state index in [9.17, 15) is 0 Å². The number of aromatic nitrogens is 2. The summed E-state index contributed by atoms with van der Waals surface area (Å²) in [6.45, 7) is 3.50. The molecule has 23 heavy (non-hydrogen) atoms. The lowest BCUT2D eigenvalue weighted by Gasteiger charge is -2.32. The van der Waals surface area contributed by atoms with Crippen molar-refractivity contribution in [3.8, 4) is 0 Å². The molecular formula is C19H23N3S. The summed E-state index contributed by atoms with van der Waals surface area (Å²) in [6.07, 6.45) is 7.69. The summed E-state index contributed by atoms with van der Waals surface area (Å²) in [4.78, 5) is 7.13. The second kappa shape index (κ2) is 6.46. The molecule has 1 fully saturated rings. The Hall–Kier alpha value is -1.65. The van der Waals surface area contributed by atoms with Gasteiger partial charge < -0.3 is 4.57 Å². The molecule has 1 saturated heterocycles. The molecule has 0 aliphatic carbocycles. The van der Waals surface area contributed by atoms with E-state index in [0.29, 0.717) is 0 Å². The van der Waals surface area contributed by atoms with E-state index in [1.807, 2.05) is 23.7 Å². The lowest BCUT2D eigenvalue weighted by Crippen LogP contribution is -2.36. The number of imidazole rings is 1. The highest BCUT2D eigenvalue weighted by atomic mass is 32.1. The number of hydrogen-bond donors (Lipinski definition) is 0. The van der Waals surface area contributed by atoms with Crippen molar-refractivity contribution >= 4 is 21.4 Å². The molecule has 1 aliphatic heterocycles. The molecule has 0 spiro atoms. The third-order valence-electron chi connectivity index (χ3n) is 4.95. The molecule has 1 atom stereocenters. The first kappa shape index (κ1) is 14.9. The Morgan fingerprint density at radius 3 is 3.09 bits per heavy atom.